The fraction of sp³-hybridized carbons (Fsp3) is 0.429. The summed E-state index contributed by atoms with van der Waals surface area (Å²) in [5, 5.41) is 1.66. The summed E-state index contributed by atoms with van der Waals surface area (Å²) >= 11 is 14.6. The minimum Gasteiger partial charge on any atom is -0.304 e. The Morgan fingerprint density at radius 1 is 0.941 bits per heavy atom. The predicted molar refractivity (Wildman–Crippen MR) is 137 cm³/mol. The van der Waals surface area contributed by atoms with Gasteiger partial charge in [-0.1, -0.05) is 47.1 Å². The van der Waals surface area contributed by atoms with Crippen LogP contribution in [0.3, 0.4) is 0 Å². The van der Waals surface area contributed by atoms with Gasteiger partial charge in [0, 0.05) is 47.0 Å². The summed E-state index contributed by atoms with van der Waals surface area (Å²) in [7, 11) is -5.14. The number of hydrogen-bond acceptors (Lipinski definition) is 7. The Labute approximate surface area is 215 Å². The molecule has 1 atom stereocenters. The molecular formula is C21H28Cl2N2O6S3. The molecular weight excluding hydrogens is 543 g/mol. The van der Waals surface area contributed by atoms with Gasteiger partial charge in [0.25, 0.3) is 20.2 Å². The number of piperazine rings is 1. The van der Waals surface area contributed by atoms with Crippen molar-refractivity contribution >= 4 is 55.2 Å². The molecule has 190 valence electrons. The largest absolute Gasteiger partial charge is 0.304 e. The number of hydrogen-bond donors (Lipinski definition) is 2. The summed E-state index contributed by atoms with van der Waals surface area (Å²) in [5.74, 6) is 0. The van der Waals surface area contributed by atoms with Crippen molar-refractivity contribution in [3.63, 3.8) is 0 Å². The first kappa shape index (κ1) is 29.3. The van der Waals surface area contributed by atoms with Crippen molar-refractivity contribution in [2.24, 2.45) is 0 Å². The monoisotopic (exact) mass is 570 g/mol. The van der Waals surface area contributed by atoms with E-state index in [0.29, 0.717) is 18.6 Å². The van der Waals surface area contributed by atoms with Crippen LogP contribution in [0.1, 0.15) is 17.2 Å². The van der Waals surface area contributed by atoms with Crippen molar-refractivity contribution < 1.29 is 25.9 Å². The summed E-state index contributed by atoms with van der Waals surface area (Å²) in [6, 6.07) is 12.9. The van der Waals surface area contributed by atoms with Gasteiger partial charge in [-0.05, 0) is 48.9 Å². The zero-order valence-electron chi connectivity index (χ0n) is 19.0. The molecule has 0 amide bonds. The molecule has 2 aliphatic rings. The zero-order valence-corrected chi connectivity index (χ0v) is 22.9. The maximum absolute atomic E-state index is 9.19. The lowest BCUT2D eigenvalue weighted by molar-refractivity contribution is 0.110. The van der Waals surface area contributed by atoms with Gasteiger partial charge in [-0.25, -0.2) is 0 Å². The highest BCUT2D eigenvalue weighted by Gasteiger charge is 2.30. The quantitative estimate of drug-likeness (QED) is 0.490. The molecule has 2 aliphatic heterocycles. The maximum atomic E-state index is 9.19. The molecule has 2 aromatic carbocycles. The van der Waals surface area contributed by atoms with Gasteiger partial charge >= 0.3 is 0 Å². The SMILES string of the molecule is CN1CCN(C2Cc3cc(Cl)ccc3Sc3c(Cl)cccc32)CC1.CS(=O)(=O)O.CS(=O)(=O)O. The van der Waals surface area contributed by atoms with Crippen LogP contribution < -0.4 is 0 Å². The first-order valence-electron chi connectivity index (χ1n) is 10.1. The van der Waals surface area contributed by atoms with Crippen LogP contribution in [0.5, 0.6) is 0 Å². The molecule has 13 heteroatoms. The van der Waals surface area contributed by atoms with Crippen molar-refractivity contribution in [1.29, 1.82) is 0 Å². The highest BCUT2D eigenvalue weighted by Crippen LogP contribution is 2.46. The summed E-state index contributed by atoms with van der Waals surface area (Å²) in [6.07, 6.45) is 2.42. The van der Waals surface area contributed by atoms with Crippen molar-refractivity contribution in [2.75, 3.05) is 45.7 Å². The van der Waals surface area contributed by atoms with Gasteiger partial charge in [-0.2, -0.15) is 16.8 Å². The fourth-order valence-corrected chi connectivity index (χ4v) is 5.20. The fourth-order valence-electron chi connectivity index (χ4n) is 3.59. The smallest absolute Gasteiger partial charge is 0.261 e. The number of likely N-dealkylation sites (N-methyl/N-ethyl adjacent to an activating group) is 1. The van der Waals surface area contributed by atoms with Gasteiger partial charge in [0.1, 0.15) is 0 Å². The molecule has 0 bridgehead atoms. The number of nitrogens with zero attached hydrogens (tertiary/aromatic N) is 2. The van der Waals surface area contributed by atoms with Gasteiger partial charge in [-0.15, -0.1) is 0 Å². The van der Waals surface area contributed by atoms with E-state index in [1.165, 1.54) is 20.9 Å². The molecule has 0 aromatic heterocycles. The summed E-state index contributed by atoms with van der Waals surface area (Å²) in [4.78, 5) is 7.46. The molecule has 1 saturated heterocycles. The van der Waals surface area contributed by atoms with Crippen LogP contribution >= 0.6 is 35.0 Å². The van der Waals surface area contributed by atoms with Crippen molar-refractivity contribution in [1.82, 2.24) is 9.80 Å². The van der Waals surface area contributed by atoms with E-state index < -0.39 is 20.2 Å². The van der Waals surface area contributed by atoms with Crippen LogP contribution in [0, 0.1) is 0 Å². The van der Waals surface area contributed by atoms with Crippen LogP contribution in [0.4, 0.5) is 0 Å². The predicted octanol–water partition coefficient (Wildman–Crippen LogP) is 4.00. The Kier molecular flexibility index (Phi) is 10.7. The second kappa shape index (κ2) is 12.4. The Morgan fingerprint density at radius 2 is 1.50 bits per heavy atom. The second-order valence-corrected chi connectivity index (χ2v) is 12.9. The first-order valence-corrected chi connectivity index (χ1v) is 15.4. The van der Waals surface area contributed by atoms with Crippen molar-refractivity contribution in [3.8, 4) is 0 Å². The van der Waals surface area contributed by atoms with Gasteiger partial charge in [0.05, 0.1) is 17.5 Å². The molecule has 2 N–H and O–H groups in total. The molecule has 8 nitrogen and oxygen atoms in total. The zero-order chi connectivity index (χ0) is 25.7. The Bertz CT molecular complexity index is 1150. The van der Waals surface area contributed by atoms with Crippen molar-refractivity contribution in [2.45, 2.75) is 22.3 Å². The molecule has 0 spiro atoms. The molecule has 0 radical (unpaired) electrons. The van der Waals surface area contributed by atoms with E-state index in [0.717, 1.165) is 42.6 Å². The van der Waals surface area contributed by atoms with Gasteiger partial charge in [-0.3, -0.25) is 14.0 Å². The van der Waals surface area contributed by atoms with E-state index in [1.807, 2.05) is 12.1 Å². The van der Waals surface area contributed by atoms with E-state index in [1.54, 1.807) is 11.8 Å². The lowest BCUT2D eigenvalue weighted by Gasteiger charge is -2.38. The van der Waals surface area contributed by atoms with E-state index in [2.05, 4.69) is 41.1 Å². The molecule has 1 fully saturated rings. The number of benzene rings is 2. The van der Waals surface area contributed by atoms with Crippen LogP contribution in [0.25, 0.3) is 0 Å². The Hall–Kier alpha value is -0.890. The number of halogens is 2. The first-order chi connectivity index (χ1) is 15.6. The third-order valence-corrected chi connectivity index (χ3v) is 6.92. The second-order valence-electron chi connectivity index (χ2n) is 8.04. The summed E-state index contributed by atoms with van der Waals surface area (Å²) in [5.41, 5.74) is 2.67. The van der Waals surface area contributed by atoms with Crippen LogP contribution in [-0.2, 0) is 26.7 Å². The lowest BCUT2D eigenvalue weighted by Crippen LogP contribution is -2.46. The molecule has 34 heavy (non-hydrogen) atoms. The average molecular weight is 572 g/mol. The third kappa shape index (κ3) is 10.4. The molecule has 2 aromatic rings. The lowest BCUT2D eigenvalue weighted by atomic mass is 9.96. The molecule has 0 saturated carbocycles. The third-order valence-electron chi connectivity index (χ3n) is 4.98. The van der Waals surface area contributed by atoms with E-state index in [-0.39, 0.29) is 0 Å². The van der Waals surface area contributed by atoms with Crippen molar-refractivity contribution in [3.05, 3.63) is 57.6 Å². The molecule has 2 heterocycles. The summed E-state index contributed by atoms with van der Waals surface area (Å²) < 4.78 is 51.7. The average Bonchev–Trinajstić information content (AvgIpc) is 2.84. The van der Waals surface area contributed by atoms with E-state index in [4.69, 9.17) is 32.3 Å². The van der Waals surface area contributed by atoms with Crippen LogP contribution in [-0.4, -0.2) is 81.5 Å². The normalized spacial score (nSPS) is 18.9. The van der Waals surface area contributed by atoms with Gasteiger partial charge < -0.3 is 4.90 Å². The minimum absolute atomic E-state index is 0.361. The van der Waals surface area contributed by atoms with Crippen LogP contribution in [0.2, 0.25) is 10.0 Å². The van der Waals surface area contributed by atoms with E-state index in [9.17, 15) is 16.8 Å². The minimum atomic E-state index is -3.67. The topological polar surface area (TPSA) is 115 Å². The highest BCUT2D eigenvalue weighted by molar-refractivity contribution is 7.99. The maximum Gasteiger partial charge on any atom is 0.261 e. The molecule has 4 rings (SSSR count). The van der Waals surface area contributed by atoms with Gasteiger partial charge in [0.15, 0.2) is 0 Å². The van der Waals surface area contributed by atoms with E-state index >= 15 is 0 Å². The standard InChI is InChI=1S/C19H20Cl2N2S.2CH4O3S/c1-22-7-9-23(10-8-22)17-12-13-11-14(20)5-6-18(13)24-19-15(17)3-2-4-16(19)21;2*1-5(2,3)4/h2-6,11,17H,7-10,12H2,1H3;2*1H3,(H,2,3,4). The van der Waals surface area contributed by atoms with Gasteiger partial charge in [0.2, 0.25) is 0 Å². The highest BCUT2D eigenvalue weighted by atomic mass is 35.5. The molecule has 1 unspecified atom stereocenters. The number of rotatable bonds is 1. The Balaban J connectivity index is 0.000000347. The molecule has 0 aliphatic carbocycles. The van der Waals surface area contributed by atoms with Crippen LogP contribution in [0.15, 0.2) is 46.2 Å². The summed E-state index contributed by atoms with van der Waals surface area (Å²) in [6.45, 7) is 4.41. The number of fused-ring (bicyclic) bond motifs is 2. The Morgan fingerprint density at radius 3 is 2.06 bits per heavy atom.